The van der Waals surface area contributed by atoms with Gasteiger partial charge in [0.05, 0.1) is 31.7 Å². The minimum absolute atomic E-state index is 0.0232. The quantitative estimate of drug-likeness (QED) is 0.180. The zero-order chi connectivity index (χ0) is 70.9. The lowest BCUT2D eigenvalue weighted by molar-refractivity contribution is -0.184. The van der Waals surface area contributed by atoms with Crippen molar-refractivity contribution in [1.82, 2.24) is 55.1 Å². The summed E-state index contributed by atoms with van der Waals surface area (Å²) in [4.78, 5) is 171. The highest BCUT2D eigenvalue weighted by atomic mass is 35.5. The molecule has 10 atom stereocenters. The summed E-state index contributed by atoms with van der Waals surface area (Å²) < 4.78 is 47.7. The largest absolute Gasteiger partial charge is 0.391 e. The highest BCUT2D eigenvalue weighted by Gasteiger charge is 2.48. The zero-order valence-electron chi connectivity index (χ0n) is 59.1. The molecule has 11 amide bonds. The third kappa shape index (κ3) is 22.6. The van der Waals surface area contributed by atoms with E-state index in [0.29, 0.717) is 32.1 Å². The van der Waals surface area contributed by atoms with Crippen LogP contribution >= 0.6 is 11.6 Å². The SMILES string of the molecule is CCO[C@@H]1C[C@H]2C(=O)N(C)[C@@H](CC3CCCCC3)C(=O)N(C)[C@@H](CC(C)C)C(=O)N[C@H](C)CC(=O)N(C)[C@@H](C)C(=O)N[C@@H]([C@@H](C)CC)C(=O)N(C)CC(=O)N(C)CC(=O)N(C)[C@@H](CC3CCC(Cl)CC3)C(=O)N(C)CC(=O)N[C@@H](CCC3CCC(C(F)(F)F)CC3)C(=O)N2C1. The van der Waals surface area contributed by atoms with Gasteiger partial charge >= 0.3 is 6.18 Å². The number of rotatable bonds is 13. The maximum Gasteiger partial charge on any atom is 0.391 e. The Morgan fingerprint density at radius 3 is 1.69 bits per heavy atom. The smallest absolute Gasteiger partial charge is 0.377 e. The molecule has 2 heterocycles. The first-order valence-electron chi connectivity index (χ1n) is 34.9. The first-order valence-corrected chi connectivity index (χ1v) is 35.3. The highest BCUT2D eigenvalue weighted by Crippen LogP contribution is 2.41. The molecule has 0 aromatic carbocycles. The first kappa shape index (κ1) is 79.9. The minimum Gasteiger partial charge on any atom is -0.377 e. The molecule has 5 aliphatic rings. The lowest BCUT2D eigenvalue weighted by Crippen LogP contribution is -2.59. The fourth-order valence-corrected chi connectivity index (χ4v) is 14.6. The van der Waals surface area contributed by atoms with E-state index >= 15 is 14.4 Å². The Labute approximate surface area is 567 Å². The summed E-state index contributed by atoms with van der Waals surface area (Å²) >= 11 is 6.51. The van der Waals surface area contributed by atoms with Crippen molar-refractivity contribution in [2.75, 3.05) is 82.1 Å². The van der Waals surface area contributed by atoms with E-state index in [1.807, 2.05) is 20.8 Å². The van der Waals surface area contributed by atoms with Crippen molar-refractivity contribution in [3.8, 4) is 0 Å². The second-order valence-corrected chi connectivity index (χ2v) is 29.4. The molecule has 0 aromatic rings. The normalized spacial score (nSPS) is 31.0. The average molecular weight is 1370 g/mol. The first-order chi connectivity index (χ1) is 44.6. The predicted octanol–water partition coefficient (Wildman–Crippen LogP) is 5.97. The molecular formula is C68H113ClF3N11O12. The molecule has 5 rings (SSSR count). The van der Waals surface area contributed by atoms with E-state index in [2.05, 4.69) is 16.0 Å². The van der Waals surface area contributed by atoms with Crippen molar-refractivity contribution in [2.24, 2.45) is 35.5 Å². The third-order valence-corrected chi connectivity index (χ3v) is 21.5. The number of amides is 11. The van der Waals surface area contributed by atoms with E-state index < -0.39 is 157 Å². The van der Waals surface area contributed by atoms with Crippen molar-refractivity contribution >= 4 is 76.6 Å². The van der Waals surface area contributed by atoms with Gasteiger partial charge in [0.1, 0.15) is 42.3 Å². The van der Waals surface area contributed by atoms with Crippen molar-refractivity contribution < 1.29 is 70.6 Å². The average Bonchev–Trinajstić information content (AvgIpc) is 1.74. The van der Waals surface area contributed by atoms with Crippen molar-refractivity contribution in [1.29, 1.82) is 0 Å². The van der Waals surface area contributed by atoms with Gasteiger partial charge in [-0.3, -0.25) is 52.7 Å². The van der Waals surface area contributed by atoms with Crippen LogP contribution in [-0.2, 0) is 57.5 Å². The fraction of sp³-hybridized carbons (Fsp3) is 0.838. The standard InChI is InChI=1S/C68H113ClF3N11O12/c1-15-42(5)60-67(94)78(10)39-58(86)76(8)40-59(87)80(12)53(35-47-24-29-49(69)30-25-47)64(91)77(9)38-56(84)74-51(31-26-45-22-27-48(28-23-45)68(70,71)72)63(90)83-37-50(95-16-2)36-55(83)66(93)82(14)54(34-46-20-18-17-19-21-46)65(92)81(13)52(32-41(3)4)62(89)73-43(6)33-57(85)79(11)44(7)61(88)75-60/h41-55,60H,15-40H2,1-14H3,(H,73,89)(H,74,84)(H,75,88)/t42-,43+,44-,45?,47?,48?,49?,50+,51-,52-,53-,54-,55-,60-/m0/s1. The maximum absolute atomic E-state index is 15.5. The van der Waals surface area contributed by atoms with Gasteiger partial charge < -0.3 is 59.9 Å². The molecular weight excluding hydrogens is 1260 g/mol. The van der Waals surface area contributed by atoms with E-state index in [-0.39, 0.29) is 113 Å². The Kier molecular flexibility index (Phi) is 30.9. The molecule has 540 valence electrons. The Balaban J connectivity index is 1.58. The Morgan fingerprint density at radius 2 is 1.12 bits per heavy atom. The number of halogens is 4. The van der Waals surface area contributed by atoms with Crippen LogP contribution in [-0.4, -0.2) is 252 Å². The lowest BCUT2D eigenvalue weighted by Gasteiger charge is -2.39. The number of alkyl halides is 4. The van der Waals surface area contributed by atoms with Gasteiger partial charge in [0, 0.05) is 86.7 Å². The van der Waals surface area contributed by atoms with Crippen molar-refractivity contribution in [2.45, 2.75) is 249 Å². The summed E-state index contributed by atoms with van der Waals surface area (Å²) in [6, 6.07) is -8.95. The van der Waals surface area contributed by atoms with Gasteiger partial charge in [0.25, 0.3) is 0 Å². The topological polar surface area (TPSA) is 259 Å². The number of likely N-dealkylation sites (N-methyl/N-ethyl adjacent to an activating group) is 7. The number of carbonyl (C=O) groups excluding carboxylic acids is 11. The van der Waals surface area contributed by atoms with Gasteiger partial charge in [0.2, 0.25) is 65.0 Å². The second kappa shape index (κ2) is 36.7. The molecule has 2 aliphatic heterocycles. The van der Waals surface area contributed by atoms with E-state index in [9.17, 15) is 51.5 Å². The summed E-state index contributed by atoms with van der Waals surface area (Å²) in [6.45, 7) is 10.8. The highest BCUT2D eigenvalue weighted by molar-refractivity contribution is 6.20. The van der Waals surface area contributed by atoms with Gasteiger partial charge in [0.15, 0.2) is 0 Å². The summed E-state index contributed by atoms with van der Waals surface area (Å²) in [7, 11) is 10.1. The number of ether oxygens (including phenoxy) is 1. The van der Waals surface area contributed by atoms with Crippen molar-refractivity contribution in [3.05, 3.63) is 0 Å². The molecule has 23 nitrogen and oxygen atoms in total. The third-order valence-electron chi connectivity index (χ3n) is 21.0. The molecule has 0 radical (unpaired) electrons. The number of hydrogen-bond acceptors (Lipinski definition) is 12. The van der Waals surface area contributed by atoms with Crippen LogP contribution in [0.5, 0.6) is 0 Å². The number of fused-ring (bicyclic) bond motifs is 1. The summed E-state index contributed by atoms with van der Waals surface area (Å²) in [5, 5.41) is 8.52. The van der Waals surface area contributed by atoms with E-state index in [0.717, 1.165) is 46.8 Å². The summed E-state index contributed by atoms with van der Waals surface area (Å²) in [5.74, 6) is -9.01. The molecule has 0 spiro atoms. The van der Waals surface area contributed by atoms with Crippen LogP contribution in [0.15, 0.2) is 0 Å². The minimum atomic E-state index is -4.36. The van der Waals surface area contributed by atoms with Gasteiger partial charge in [-0.15, -0.1) is 11.6 Å². The molecule has 3 saturated carbocycles. The van der Waals surface area contributed by atoms with Crippen LogP contribution in [0.2, 0.25) is 0 Å². The molecule has 0 bridgehead atoms. The summed E-state index contributed by atoms with van der Waals surface area (Å²) in [6.07, 6.45) is 3.41. The fourth-order valence-electron chi connectivity index (χ4n) is 14.3. The van der Waals surface area contributed by atoms with E-state index in [1.165, 1.54) is 80.8 Å². The monoisotopic (exact) mass is 1370 g/mol. The van der Waals surface area contributed by atoms with E-state index in [1.54, 1.807) is 20.8 Å². The Morgan fingerprint density at radius 1 is 0.558 bits per heavy atom. The molecule has 27 heteroatoms. The van der Waals surface area contributed by atoms with Crippen LogP contribution < -0.4 is 16.0 Å². The van der Waals surface area contributed by atoms with Crippen LogP contribution in [0, 0.1) is 35.5 Å². The lowest BCUT2D eigenvalue weighted by atomic mass is 9.79. The summed E-state index contributed by atoms with van der Waals surface area (Å²) in [5.41, 5.74) is 0. The molecule has 0 aromatic heterocycles. The Hall–Kier alpha value is -5.79. The number of nitrogens with zero attached hydrogens (tertiary/aromatic N) is 8. The van der Waals surface area contributed by atoms with Crippen LogP contribution in [0.25, 0.3) is 0 Å². The van der Waals surface area contributed by atoms with Gasteiger partial charge in [-0.2, -0.15) is 13.2 Å². The number of hydrogen-bond donors (Lipinski definition) is 3. The molecule has 3 aliphatic carbocycles. The van der Waals surface area contributed by atoms with Crippen LogP contribution in [0.3, 0.4) is 0 Å². The molecule has 2 saturated heterocycles. The molecule has 5 fully saturated rings. The predicted molar refractivity (Wildman–Crippen MR) is 353 cm³/mol. The van der Waals surface area contributed by atoms with Crippen molar-refractivity contribution in [3.63, 3.8) is 0 Å². The Bertz CT molecular complexity index is 2640. The van der Waals surface area contributed by atoms with Gasteiger partial charge in [-0.1, -0.05) is 66.2 Å². The van der Waals surface area contributed by atoms with Crippen LogP contribution in [0.1, 0.15) is 183 Å². The van der Waals surface area contributed by atoms with E-state index in [4.69, 9.17) is 16.3 Å². The number of carbonyl (C=O) groups is 11. The van der Waals surface area contributed by atoms with Gasteiger partial charge in [-0.05, 0) is 134 Å². The second-order valence-electron chi connectivity index (χ2n) is 28.8. The molecule has 0 unspecified atom stereocenters. The zero-order valence-corrected chi connectivity index (χ0v) is 59.9. The van der Waals surface area contributed by atoms with Crippen LogP contribution in [0.4, 0.5) is 13.2 Å². The maximum atomic E-state index is 15.5. The molecule has 3 N–H and O–H groups in total. The molecule has 95 heavy (non-hydrogen) atoms. The van der Waals surface area contributed by atoms with Gasteiger partial charge in [-0.25, -0.2) is 0 Å². The number of nitrogens with one attached hydrogen (secondary N) is 3.